The Kier molecular flexibility index (Phi) is 4.57. The Bertz CT molecular complexity index is 844. The first kappa shape index (κ1) is 16.1. The van der Waals surface area contributed by atoms with Crippen LogP contribution < -0.4 is 0 Å². The number of phenols is 1. The van der Waals surface area contributed by atoms with Gasteiger partial charge in [0.2, 0.25) is 0 Å². The zero-order valence-corrected chi connectivity index (χ0v) is 13.8. The molecule has 24 heavy (non-hydrogen) atoms. The number of benzene rings is 1. The smallest absolute Gasteiger partial charge is 0.303 e. The van der Waals surface area contributed by atoms with Crippen molar-refractivity contribution in [3.05, 3.63) is 53.7 Å². The molecule has 0 saturated heterocycles. The van der Waals surface area contributed by atoms with Gasteiger partial charge in [-0.3, -0.25) is 9.78 Å². The van der Waals surface area contributed by atoms with Crippen LogP contribution in [-0.2, 0) is 4.79 Å². The summed E-state index contributed by atoms with van der Waals surface area (Å²) in [5.41, 5.74) is 2.57. The Morgan fingerprint density at radius 2 is 1.79 bits per heavy atom. The zero-order chi connectivity index (χ0) is 17.1. The molecule has 0 spiro atoms. The van der Waals surface area contributed by atoms with Crippen LogP contribution in [0.15, 0.2) is 48.8 Å². The minimum absolute atomic E-state index is 0.0447. The highest BCUT2D eigenvalue weighted by Crippen LogP contribution is 2.39. The number of pyridine rings is 1. The van der Waals surface area contributed by atoms with Gasteiger partial charge in [-0.15, -0.1) is 11.3 Å². The van der Waals surface area contributed by atoms with Crippen molar-refractivity contribution in [3.63, 3.8) is 0 Å². The molecule has 0 aliphatic rings. The van der Waals surface area contributed by atoms with Crippen LogP contribution in [0.5, 0.6) is 5.75 Å². The van der Waals surface area contributed by atoms with Crippen molar-refractivity contribution >= 4 is 17.3 Å². The number of rotatable bonds is 5. The lowest BCUT2D eigenvalue weighted by molar-refractivity contribution is -0.137. The predicted octanol–water partition coefficient (Wildman–Crippen LogP) is 4.16. The van der Waals surface area contributed by atoms with Crippen LogP contribution in [0.2, 0.25) is 0 Å². The van der Waals surface area contributed by atoms with Crippen LogP contribution in [0.4, 0.5) is 0 Å². The molecule has 0 fully saturated rings. The van der Waals surface area contributed by atoms with Crippen molar-refractivity contribution in [2.45, 2.75) is 19.3 Å². The number of nitrogens with zero attached hydrogens (tertiary/aromatic N) is 2. The Labute approximate surface area is 143 Å². The molecule has 0 bridgehead atoms. The highest BCUT2D eigenvalue weighted by Gasteiger charge is 2.21. The van der Waals surface area contributed by atoms with Gasteiger partial charge in [-0.25, -0.2) is 4.98 Å². The first-order chi connectivity index (χ1) is 11.5. The predicted molar refractivity (Wildman–Crippen MR) is 93.1 cm³/mol. The van der Waals surface area contributed by atoms with E-state index in [1.807, 2.05) is 19.1 Å². The zero-order valence-electron chi connectivity index (χ0n) is 13.0. The van der Waals surface area contributed by atoms with Gasteiger partial charge in [0.1, 0.15) is 10.8 Å². The Balaban J connectivity index is 2.09. The lowest BCUT2D eigenvalue weighted by Gasteiger charge is -2.08. The van der Waals surface area contributed by atoms with Crippen LogP contribution in [0.25, 0.3) is 21.8 Å². The van der Waals surface area contributed by atoms with Gasteiger partial charge in [-0.05, 0) is 36.4 Å². The summed E-state index contributed by atoms with van der Waals surface area (Å²) in [6.07, 6.45) is 3.46. The van der Waals surface area contributed by atoms with E-state index in [4.69, 9.17) is 10.1 Å². The molecule has 2 aromatic heterocycles. The van der Waals surface area contributed by atoms with Gasteiger partial charge in [-0.1, -0.05) is 6.92 Å². The summed E-state index contributed by atoms with van der Waals surface area (Å²) >= 11 is 1.50. The second-order valence-corrected chi connectivity index (χ2v) is 6.54. The van der Waals surface area contributed by atoms with Gasteiger partial charge in [-0.2, -0.15) is 0 Å². The van der Waals surface area contributed by atoms with Gasteiger partial charge in [0, 0.05) is 34.3 Å². The van der Waals surface area contributed by atoms with E-state index < -0.39 is 5.97 Å². The summed E-state index contributed by atoms with van der Waals surface area (Å²) in [6.45, 7) is 1.89. The molecule has 5 nitrogen and oxygen atoms in total. The number of carboxylic acids is 1. The molecule has 0 amide bonds. The van der Waals surface area contributed by atoms with E-state index in [9.17, 15) is 9.90 Å². The average molecular weight is 340 g/mol. The Morgan fingerprint density at radius 3 is 2.42 bits per heavy atom. The van der Waals surface area contributed by atoms with Crippen molar-refractivity contribution in [1.29, 1.82) is 0 Å². The third kappa shape index (κ3) is 3.44. The number of carboxylic acid groups (broad SMARTS) is 1. The fraction of sp³-hybridized carbons (Fsp3) is 0.167. The van der Waals surface area contributed by atoms with E-state index in [1.165, 1.54) is 11.3 Å². The maximum absolute atomic E-state index is 11.1. The van der Waals surface area contributed by atoms with E-state index in [-0.39, 0.29) is 18.1 Å². The molecule has 6 heteroatoms. The highest BCUT2D eigenvalue weighted by atomic mass is 32.1. The van der Waals surface area contributed by atoms with E-state index >= 15 is 0 Å². The minimum atomic E-state index is -0.835. The number of aromatic hydroxyl groups is 1. The third-order valence-corrected chi connectivity index (χ3v) is 4.99. The lowest BCUT2D eigenvalue weighted by Crippen LogP contribution is -2.02. The quantitative estimate of drug-likeness (QED) is 0.729. The molecule has 3 rings (SSSR count). The molecule has 2 heterocycles. The monoisotopic (exact) mass is 340 g/mol. The second kappa shape index (κ2) is 6.80. The SMILES string of the molecule is CC(CC(=O)O)c1sc(-c2ccncc2)nc1-c1ccc(O)cc1. The van der Waals surface area contributed by atoms with E-state index in [0.717, 1.165) is 26.7 Å². The van der Waals surface area contributed by atoms with Gasteiger partial charge < -0.3 is 10.2 Å². The summed E-state index contributed by atoms with van der Waals surface area (Å²) in [4.78, 5) is 20.8. The van der Waals surface area contributed by atoms with Gasteiger partial charge >= 0.3 is 5.97 Å². The number of thiazole rings is 1. The summed E-state index contributed by atoms with van der Waals surface area (Å²) < 4.78 is 0. The van der Waals surface area contributed by atoms with E-state index in [2.05, 4.69) is 4.98 Å². The second-order valence-electron chi connectivity index (χ2n) is 5.51. The molecule has 3 aromatic rings. The fourth-order valence-electron chi connectivity index (χ4n) is 2.46. The van der Waals surface area contributed by atoms with E-state index in [0.29, 0.717) is 0 Å². The van der Waals surface area contributed by atoms with Gasteiger partial charge in [0.25, 0.3) is 0 Å². The van der Waals surface area contributed by atoms with Gasteiger partial charge in [0.05, 0.1) is 12.1 Å². The molecular formula is C18H16N2O3S. The molecule has 1 aromatic carbocycles. The fourth-order valence-corrected chi connectivity index (χ4v) is 3.61. The largest absolute Gasteiger partial charge is 0.508 e. The van der Waals surface area contributed by atoms with Crippen LogP contribution >= 0.6 is 11.3 Å². The van der Waals surface area contributed by atoms with Crippen molar-refractivity contribution in [3.8, 4) is 27.6 Å². The molecule has 0 saturated carbocycles. The topological polar surface area (TPSA) is 83.3 Å². The van der Waals surface area contributed by atoms with Crippen LogP contribution in [0.1, 0.15) is 24.1 Å². The average Bonchev–Trinajstić information content (AvgIpc) is 3.01. The minimum Gasteiger partial charge on any atom is -0.508 e. The molecule has 122 valence electrons. The van der Waals surface area contributed by atoms with Crippen molar-refractivity contribution in [1.82, 2.24) is 9.97 Å². The summed E-state index contributed by atoms with van der Waals surface area (Å²) in [5, 5.41) is 19.4. The number of aliphatic carboxylic acids is 1. The third-order valence-electron chi connectivity index (χ3n) is 3.65. The van der Waals surface area contributed by atoms with Crippen molar-refractivity contribution in [2.24, 2.45) is 0 Å². The summed E-state index contributed by atoms with van der Waals surface area (Å²) in [7, 11) is 0. The number of hydrogen-bond acceptors (Lipinski definition) is 5. The highest BCUT2D eigenvalue weighted by molar-refractivity contribution is 7.15. The van der Waals surface area contributed by atoms with E-state index in [1.54, 1.807) is 36.7 Å². The normalized spacial score (nSPS) is 12.0. The maximum Gasteiger partial charge on any atom is 0.303 e. The molecule has 1 atom stereocenters. The molecule has 0 aliphatic heterocycles. The standard InChI is InChI=1S/C18H16N2O3S/c1-11(10-15(22)23)17-16(12-2-4-14(21)5-3-12)20-18(24-17)13-6-8-19-9-7-13/h2-9,11,21H,10H2,1H3,(H,22,23). The van der Waals surface area contributed by atoms with Crippen LogP contribution in [0.3, 0.4) is 0 Å². The first-order valence-electron chi connectivity index (χ1n) is 7.47. The van der Waals surface area contributed by atoms with Gasteiger partial charge in [0.15, 0.2) is 0 Å². The van der Waals surface area contributed by atoms with Crippen molar-refractivity contribution in [2.75, 3.05) is 0 Å². The lowest BCUT2D eigenvalue weighted by atomic mass is 10.0. The maximum atomic E-state index is 11.1. The van der Waals surface area contributed by atoms with Crippen molar-refractivity contribution < 1.29 is 15.0 Å². The number of phenolic OH excluding ortho intramolecular Hbond substituents is 1. The first-order valence-corrected chi connectivity index (χ1v) is 8.28. The molecule has 0 aliphatic carbocycles. The Hall–Kier alpha value is -2.73. The van der Waals surface area contributed by atoms with Crippen LogP contribution in [-0.4, -0.2) is 26.2 Å². The molecule has 1 unspecified atom stereocenters. The number of hydrogen-bond donors (Lipinski definition) is 2. The van der Waals surface area contributed by atoms with Crippen LogP contribution in [0, 0.1) is 0 Å². The number of aromatic nitrogens is 2. The summed E-state index contributed by atoms with van der Waals surface area (Å²) in [6, 6.07) is 10.5. The molecular weight excluding hydrogens is 324 g/mol. The molecule has 0 radical (unpaired) electrons. The Morgan fingerprint density at radius 1 is 1.12 bits per heavy atom. The molecule has 2 N–H and O–H groups in total. The number of carbonyl (C=O) groups is 1. The summed E-state index contributed by atoms with van der Waals surface area (Å²) in [5.74, 6) is -0.805.